The Morgan fingerprint density at radius 3 is 2.43 bits per heavy atom. The molecule has 0 aromatic heterocycles. The van der Waals surface area contributed by atoms with E-state index in [9.17, 15) is 4.79 Å². The molecule has 3 rings (SSSR count). The number of carbonyl (C=O) groups excluding carboxylic acids is 1. The monoisotopic (exact) mass is 371 g/mol. The van der Waals surface area contributed by atoms with Crippen molar-refractivity contribution in [3.05, 3.63) is 95.6 Å². The molecule has 0 saturated heterocycles. The van der Waals surface area contributed by atoms with E-state index in [1.165, 1.54) is 5.56 Å². The Labute approximate surface area is 166 Å². The highest BCUT2D eigenvalue weighted by Crippen LogP contribution is 2.27. The molecule has 0 atom stereocenters. The minimum Gasteiger partial charge on any atom is -0.496 e. The van der Waals surface area contributed by atoms with Crippen molar-refractivity contribution in [1.82, 2.24) is 4.90 Å². The van der Waals surface area contributed by atoms with Crippen LogP contribution < -0.4 is 4.74 Å². The van der Waals surface area contributed by atoms with E-state index in [0.717, 1.165) is 23.2 Å². The Morgan fingerprint density at radius 1 is 0.929 bits per heavy atom. The first kappa shape index (κ1) is 19.6. The largest absolute Gasteiger partial charge is 0.496 e. The molecular weight excluding hydrogens is 346 g/mol. The molecule has 0 spiro atoms. The lowest BCUT2D eigenvalue weighted by Crippen LogP contribution is -2.10. The molecule has 0 aliphatic rings. The lowest BCUT2D eigenvalue weighted by molar-refractivity contribution is 0.104. The number of carbonyl (C=O) groups is 1. The van der Waals surface area contributed by atoms with Gasteiger partial charge in [-0.25, -0.2) is 0 Å². The van der Waals surface area contributed by atoms with E-state index in [0.29, 0.717) is 11.3 Å². The highest BCUT2D eigenvalue weighted by molar-refractivity contribution is 6.09. The van der Waals surface area contributed by atoms with Gasteiger partial charge >= 0.3 is 0 Å². The third-order valence-corrected chi connectivity index (χ3v) is 4.45. The molecule has 0 amide bonds. The highest BCUT2D eigenvalue weighted by Gasteiger charge is 2.11. The summed E-state index contributed by atoms with van der Waals surface area (Å²) < 4.78 is 5.41. The average molecular weight is 371 g/mol. The van der Waals surface area contributed by atoms with Gasteiger partial charge in [-0.3, -0.25) is 4.79 Å². The van der Waals surface area contributed by atoms with E-state index in [1.807, 2.05) is 80.8 Å². The molecular formula is C25H25NO2. The maximum absolute atomic E-state index is 12.9. The fourth-order valence-electron chi connectivity index (χ4n) is 3.13. The van der Waals surface area contributed by atoms with Crippen LogP contribution in [0.25, 0.3) is 17.2 Å². The first-order chi connectivity index (χ1) is 13.6. The number of allylic oxidation sites excluding steroid dienone is 1. The zero-order chi connectivity index (χ0) is 19.9. The van der Waals surface area contributed by atoms with Gasteiger partial charge in [-0.2, -0.15) is 0 Å². The lowest BCUT2D eigenvalue weighted by atomic mass is 10.00. The number of rotatable bonds is 7. The molecule has 3 heteroatoms. The summed E-state index contributed by atoms with van der Waals surface area (Å²) in [6.07, 6.45) is 3.47. The lowest BCUT2D eigenvalue weighted by Gasteiger charge is -2.10. The minimum atomic E-state index is -0.0763. The van der Waals surface area contributed by atoms with Crippen molar-refractivity contribution in [3.8, 4) is 16.9 Å². The van der Waals surface area contributed by atoms with Crippen molar-refractivity contribution < 1.29 is 9.53 Å². The molecule has 0 aliphatic carbocycles. The second kappa shape index (κ2) is 9.16. The van der Waals surface area contributed by atoms with Crippen LogP contribution in [0.3, 0.4) is 0 Å². The summed E-state index contributed by atoms with van der Waals surface area (Å²) in [6, 6.07) is 23.9. The Kier molecular flexibility index (Phi) is 6.41. The van der Waals surface area contributed by atoms with Crippen LogP contribution in [0, 0.1) is 0 Å². The second-order valence-electron chi connectivity index (χ2n) is 6.96. The van der Waals surface area contributed by atoms with Crippen molar-refractivity contribution in [2.45, 2.75) is 6.54 Å². The summed E-state index contributed by atoms with van der Waals surface area (Å²) in [4.78, 5) is 15.0. The third kappa shape index (κ3) is 4.96. The molecule has 142 valence electrons. The molecule has 0 radical (unpaired) electrons. The van der Waals surface area contributed by atoms with Crippen molar-refractivity contribution in [2.24, 2.45) is 0 Å². The maximum atomic E-state index is 12.9. The van der Waals surface area contributed by atoms with Gasteiger partial charge in [0.25, 0.3) is 0 Å². The Bertz CT molecular complexity index is 975. The molecule has 3 nitrogen and oxygen atoms in total. The number of benzene rings is 3. The van der Waals surface area contributed by atoms with E-state index >= 15 is 0 Å². The standard InChI is InChI=1S/C25H25NO2/c1-26(2)18-20-9-7-8-19(16-20)12-14-24(27)23-17-22(13-15-25(23)28-3)21-10-5-4-6-11-21/h4-17H,18H2,1-3H3/b14-12+. The first-order valence-corrected chi connectivity index (χ1v) is 9.26. The van der Waals surface area contributed by atoms with Crippen LogP contribution >= 0.6 is 0 Å². The van der Waals surface area contributed by atoms with Crippen molar-refractivity contribution in [3.63, 3.8) is 0 Å². The van der Waals surface area contributed by atoms with Crippen LogP contribution in [0.5, 0.6) is 5.75 Å². The third-order valence-electron chi connectivity index (χ3n) is 4.45. The molecule has 3 aromatic rings. The number of ketones is 1. The molecule has 0 heterocycles. The van der Waals surface area contributed by atoms with Crippen molar-refractivity contribution >= 4 is 11.9 Å². The van der Waals surface area contributed by atoms with Crippen LogP contribution in [0.15, 0.2) is 78.9 Å². The normalized spacial score (nSPS) is 11.1. The van der Waals surface area contributed by atoms with Gasteiger partial charge in [0.2, 0.25) is 0 Å². The van der Waals surface area contributed by atoms with Gasteiger partial charge in [-0.05, 0) is 54.6 Å². The van der Waals surface area contributed by atoms with E-state index < -0.39 is 0 Å². The van der Waals surface area contributed by atoms with Crippen LogP contribution in [0.2, 0.25) is 0 Å². The summed E-state index contributed by atoms with van der Waals surface area (Å²) in [5.41, 5.74) is 4.84. The predicted molar refractivity (Wildman–Crippen MR) is 116 cm³/mol. The number of hydrogen-bond acceptors (Lipinski definition) is 3. The Morgan fingerprint density at radius 2 is 1.71 bits per heavy atom. The predicted octanol–water partition coefficient (Wildman–Crippen LogP) is 5.32. The quantitative estimate of drug-likeness (QED) is 0.416. The molecule has 28 heavy (non-hydrogen) atoms. The summed E-state index contributed by atoms with van der Waals surface area (Å²) in [6.45, 7) is 0.864. The summed E-state index contributed by atoms with van der Waals surface area (Å²) in [5.74, 6) is 0.503. The van der Waals surface area contributed by atoms with E-state index in [2.05, 4.69) is 17.0 Å². The van der Waals surface area contributed by atoms with E-state index in [1.54, 1.807) is 13.2 Å². The molecule has 0 fully saturated rings. The fraction of sp³-hybridized carbons (Fsp3) is 0.160. The zero-order valence-electron chi connectivity index (χ0n) is 16.6. The van der Waals surface area contributed by atoms with Gasteiger partial charge in [-0.1, -0.05) is 66.7 Å². The first-order valence-electron chi connectivity index (χ1n) is 9.26. The molecule has 0 saturated carbocycles. The molecule has 0 N–H and O–H groups in total. The van der Waals surface area contributed by atoms with E-state index in [-0.39, 0.29) is 5.78 Å². The van der Waals surface area contributed by atoms with Crippen LogP contribution in [0.1, 0.15) is 21.5 Å². The Hall–Kier alpha value is -3.17. The van der Waals surface area contributed by atoms with Crippen LogP contribution in [-0.2, 0) is 6.54 Å². The van der Waals surface area contributed by atoms with Crippen molar-refractivity contribution in [1.29, 1.82) is 0 Å². The number of hydrogen-bond donors (Lipinski definition) is 0. The molecule has 0 bridgehead atoms. The smallest absolute Gasteiger partial charge is 0.189 e. The number of methoxy groups -OCH3 is 1. The molecule has 3 aromatic carbocycles. The highest BCUT2D eigenvalue weighted by atomic mass is 16.5. The van der Waals surface area contributed by atoms with Crippen LogP contribution in [0.4, 0.5) is 0 Å². The van der Waals surface area contributed by atoms with E-state index in [4.69, 9.17) is 4.74 Å². The summed E-state index contributed by atoms with van der Waals surface area (Å²) >= 11 is 0. The number of ether oxygens (including phenoxy) is 1. The van der Waals surface area contributed by atoms with Crippen molar-refractivity contribution in [2.75, 3.05) is 21.2 Å². The zero-order valence-corrected chi connectivity index (χ0v) is 16.6. The van der Waals surface area contributed by atoms with Gasteiger partial charge in [0.05, 0.1) is 12.7 Å². The van der Waals surface area contributed by atoms with Gasteiger partial charge in [0.1, 0.15) is 5.75 Å². The topological polar surface area (TPSA) is 29.5 Å². The SMILES string of the molecule is COc1ccc(-c2ccccc2)cc1C(=O)/C=C/c1cccc(CN(C)C)c1. The van der Waals surface area contributed by atoms with Gasteiger partial charge in [0, 0.05) is 6.54 Å². The van der Waals surface area contributed by atoms with Gasteiger partial charge < -0.3 is 9.64 Å². The van der Waals surface area contributed by atoms with Crippen LogP contribution in [-0.4, -0.2) is 31.9 Å². The van der Waals surface area contributed by atoms with Gasteiger partial charge in [0.15, 0.2) is 5.78 Å². The average Bonchev–Trinajstić information content (AvgIpc) is 2.72. The summed E-state index contributed by atoms with van der Waals surface area (Å²) in [7, 11) is 5.67. The summed E-state index contributed by atoms with van der Waals surface area (Å²) in [5, 5.41) is 0. The fourth-order valence-corrected chi connectivity index (χ4v) is 3.13. The molecule has 0 aliphatic heterocycles. The number of nitrogens with zero attached hydrogens (tertiary/aromatic N) is 1. The second-order valence-corrected chi connectivity index (χ2v) is 6.96. The molecule has 0 unspecified atom stereocenters. The Balaban J connectivity index is 1.86. The minimum absolute atomic E-state index is 0.0763. The van der Waals surface area contributed by atoms with Gasteiger partial charge in [-0.15, -0.1) is 0 Å². The maximum Gasteiger partial charge on any atom is 0.189 e.